The van der Waals surface area contributed by atoms with Crippen LogP contribution in [0, 0.1) is 0 Å². The normalized spacial score (nSPS) is 20.4. The molecular formula is C34H38. The summed E-state index contributed by atoms with van der Waals surface area (Å²) in [5.74, 6) is 1.17. The summed E-state index contributed by atoms with van der Waals surface area (Å²) in [4.78, 5) is 0. The molecule has 3 aromatic carbocycles. The molecule has 0 unspecified atom stereocenters. The SMILES string of the molecule is CC(C)c1ccc2c(c1)C1(CCCC1)c1cc3c(cc1-2)C1(CCCC1)c1cc(C(C)C)ccc1-3. The predicted octanol–water partition coefficient (Wildman–Crippen LogP) is 9.61. The summed E-state index contributed by atoms with van der Waals surface area (Å²) in [6, 6.07) is 20.3. The van der Waals surface area contributed by atoms with Crippen molar-refractivity contribution in [2.75, 3.05) is 0 Å². The van der Waals surface area contributed by atoms with Crippen molar-refractivity contribution < 1.29 is 0 Å². The Morgan fingerprint density at radius 1 is 0.471 bits per heavy atom. The summed E-state index contributed by atoms with van der Waals surface area (Å²) in [6.07, 6.45) is 10.7. The number of benzene rings is 3. The summed E-state index contributed by atoms with van der Waals surface area (Å²) >= 11 is 0. The van der Waals surface area contributed by atoms with E-state index in [0.717, 1.165) is 0 Å². The first-order valence-corrected chi connectivity index (χ1v) is 13.9. The molecule has 3 aromatic rings. The highest BCUT2D eigenvalue weighted by Gasteiger charge is 2.50. The minimum atomic E-state index is 0.244. The van der Waals surface area contributed by atoms with E-state index in [0.29, 0.717) is 11.8 Å². The lowest BCUT2D eigenvalue weighted by Gasteiger charge is -2.29. The van der Waals surface area contributed by atoms with Crippen LogP contribution in [0.25, 0.3) is 22.3 Å². The molecule has 0 aromatic heterocycles. The lowest BCUT2D eigenvalue weighted by molar-refractivity contribution is 0.542. The molecule has 0 N–H and O–H groups in total. The molecule has 2 saturated carbocycles. The van der Waals surface area contributed by atoms with Crippen molar-refractivity contribution in [2.45, 2.75) is 102 Å². The fraction of sp³-hybridized carbons (Fsp3) is 0.471. The molecule has 0 heterocycles. The van der Waals surface area contributed by atoms with Gasteiger partial charge in [0.05, 0.1) is 0 Å². The largest absolute Gasteiger partial charge is 0.0587 e. The van der Waals surface area contributed by atoms with Crippen molar-refractivity contribution in [3.05, 3.63) is 81.9 Å². The maximum absolute atomic E-state index is 2.69. The molecule has 2 fully saturated rings. The van der Waals surface area contributed by atoms with Gasteiger partial charge < -0.3 is 0 Å². The van der Waals surface area contributed by atoms with Crippen LogP contribution in [0.5, 0.6) is 0 Å². The molecule has 174 valence electrons. The first kappa shape index (κ1) is 21.0. The Balaban J connectivity index is 1.50. The van der Waals surface area contributed by atoms with Crippen LogP contribution >= 0.6 is 0 Å². The van der Waals surface area contributed by atoms with Crippen molar-refractivity contribution >= 4 is 0 Å². The van der Waals surface area contributed by atoms with E-state index in [2.05, 4.69) is 76.2 Å². The number of hydrogen-bond donors (Lipinski definition) is 0. The standard InChI is InChI=1S/C34H38/c1-21(2)23-9-11-25-27-19-32-28(20-31(27)33(29(25)17-23)13-5-6-14-33)26-12-10-24(22(3)4)18-30(26)34(32)15-7-8-16-34/h9-12,17-22H,5-8,13-16H2,1-4H3. The van der Waals surface area contributed by atoms with Crippen LogP contribution in [0.1, 0.15) is 124 Å². The van der Waals surface area contributed by atoms with Crippen LogP contribution in [0.3, 0.4) is 0 Å². The topological polar surface area (TPSA) is 0 Å². The molecule has 4 aliphatic carbocycles. The van der Waals surface area contributed by atoms with E-state index in [9.17, 15) is 0 Å². The zero-order valence-electron chi connectivity index (χ0n) is 21.4. The van der Waals surface area contributed by atoms with Crippen molar-refractivity contribution in [1.29, 1.82) is 0 Å². The Labute approximate surface area is 205 Å². The van der Waals surface area contributed by atoms with E-state index in [1.807, 2.05) is 0 Å². The quantitative estimate of drug-likeness (QED) is 0.367. The summed E-state index contributed by atoms with van der Waals surface area (Å²) < 4.78 is 0. The smallest absolute Gasteiger partial charge is 0.0215 e. The van der Waals surface area contributed by atoms with E-state index >= 15 is 0 Å². The molecule has 0 radical (unpaired) electrons. The molecular weight excluding hydrogens is 408 g/mol. The summed E-state index contributed by atoms with van der Waals surface area (Å²) in [6.45, 7) is 9.36. The van der Waals surface area contributed by atoms with E-state index in [1.165, 1.54) is 73.6 Å². The second-order valence-electron chi connectivity index (χ2n) is 12.4. The van der Waals surface area contributed by atoms with Gasteiger partial charge in [-0.05, 0) is 105 Å². The highest BCUT2D eigenvalue weighted by atomic mass is 14.5. The Morgan fingerprint density at radius 2 is 0.824 bits per heavy atom. The van der Waals surface area contributed by atoms with Crippen LogP contribution in [-0.2, 0) is 10.8 Å². The molecule has 0 amide bonds. The van der Waals surface area contributed by atoms with E-state index in [4.69, 9.17) is 0 Å². The van der Waals surface area contributed by atoms with Crippen LogP contribution < -0.4 is 0 Å². The van der Waals surface area contributed by atoms with Gasteiger partial charge in [-0.3, -0.25) is 0 Å². The Hall–Kier alpha value is -2.34. The van der Waals surface area contributed by atoms with Gasteiger partial charge in [-0.2, -0.15) is 0 Å². The molecule has 2 spiro atoms. The molecule has 34 heavy (non-hydrogen) atoms. The minimum Gasteiger partial charge on any atom is -0.0587 e. The Morgan fingerprint density at radius 3 is 1.18 bits per heavy atom. The van der Waals surface area contributed by atoms with Crippen LogP contribution in [0.2, 0.25) is 0 Å². The van der Waals surface area contributed by atoms with Crippen LogP contribution in [0.15, 0.2) is 48.5 Å². The number of fused-ring (bicyclic) bond motifs is 10. The average molecular weight is 447 g/mol. The average Bonchev–Trinajstić information content (AvgIpc) is 3.62. The molecule has 0 nitrogen and oxygen atoms in total. The van der Waals surface area contributed by atoms with Gasteiger partial charge in [0.25, 0.3) is 0 Å². The summed E-state index contributed by atoms with van der Waals surface area (Å²) in [7, 11) is 0. The Kier molecular flexibility index (Phi) is 4.38. The molecule has 7 rings (SSSR count). The van der Waals surface area contributed by atoms with Crippen molar-refractivity contribution in [3.63, 3.8) is 0 Å². The van der Waals surface area contributed by atoms with Gasteiger partial charge in [0.15, 0.2) is 0 Å². The van der Waals surface area contributed by atoms with Crippen LogP contribution in [-0.4, -0.2) is 0 Å². The van der Waals surface area contributed by atoms with Gasteiger partial charge in [-0.1, -0.05) is 89.8 Å². The first-order valence-electron chi connectivity index (χ1n) is 13.9. The first-order chi connectivity index (χ1) is 16.4. The lowest BCUT2D eigenvalue weighted by Crippen LogP contribution is -2.22. The van der Waals surface area contributed by atoms with Crippen LogP contribution in [0.4, 0.5) is 0 Å². The second-order valence-corrected chi connectivity index (χ2v) is 12.4. The Bertz CT molecular complexity index is 1200. The number of rotatable bonds is 2. The molecule has 0 heteroatoms. The molecule has 0 saturated heterocycles. The van der Waals surface area contributed by atoms with Gasteiger partial charge in [0, 0.05) is 10.8 Å². The third kappa shape index (κ3) is 2.55. The van der Waals surface area contributed by atoms with Crippen molar-refractivity contribution in [1.82, 2.24) is 0 Å². The monoisotopic (exact) mass is 446 g/mol. The third-order valence-corrected chi connectivity index (χ3v) is 10.1. The molecule has 0 atom stereocenters. The zero-order valence-corrected chi connectivity index (χ0v) is 21.4. The van der Waals surface area contributed by atoms with E-state index in [1.54, 1.807) is 33.4 Å². The maximum Gasteiger partial charge on any atom is 0.0215 e. The third-order valence-electron chi connectivity index (χ3n) is 10.1. The zero-order chi connectivity index (χ0) is 23.2. The van der Waals surface area contributed by atoms with Crippen molar-refractivity contribution in [2.24, 2.45) is 0 Å². The highest BCUT2D eigenvalue weighted by Crippen LogP contribution is 2.63. The number of hydrogen-bond acceptors (Lipinski definition) is 0. The fourth-order valence-corrected chi connectivity index (χ4v) is 8.27. The predicted molar refractivity (Wildman–Crippen MR) is 144 cm³/mol. The highest BCUT2D eigenvalue weighted by molar-refractivity contribution is 5.90. The molecule has 0 aliphatic heterocycles. The van der Waals surface area contributed by atoms with Gasteiger partial charge in [0.1, 0.15) is 0 Å². The maximum atomic E-state index is 2.69. The molecule has 4 aliphatic rings. The summed E-state index contributed by atoms with van der Waals surface area (Å²) in [5.41, 5.74) is 16.3. The van der Waals surface area contributed by atoms with E-state index < -0.39 is 0 Å². The second kappa shape index (κ2) is 7.09. The lowest BCUT2D eigenvalue weighted by atomic mass is 9.74. The minimum absolute atomic E-state index is 0.244. The van der Waals surface area contributed by atoms with Gasteiger partial charge in [-0.25, -0.2) is 0 Å². The van der Waals surface area contributed by atoms with E-state index in [-0.39, 0.29) is 10.8 Å². The van der Waals surface area contributed by atoms with Gasteiger partial charge >= 0.3 is 0 Å². The summed E-state index contributed by atoms with van der Waals surface area (Å²) in [5, 5.41) is 0. The molecule has 0 bridgehead atoms. The fourth-order valence-electron chi connectivity index (χ4n) is 8.27. The van der Waals surface area contributed by atoms with Gasteiger partial charge in [0.2, 0.25) is 0 Å². The van der Waals surface area contributed by atoms with Gasteiger partial charge in [-0.15, -0.1) is 0 Å². The van der Waals surface area contributed by atoms with Crippen molar-refractivity contribution in [3.8, 4) is 22.3 Å².